The van der Waals surface area contributed by atoms with Gasteiger partial charge in [-0.25, -0.2) is 0 Å². The van der Waals surface area contributed by atoms with Gasteiger partial charge in [-0.15, -0.1) is 0 Å². The Bertz CT molecular complexity index is 654. The largest absolute Gasteiger partial charge is 0.491 e. The van der Waals surface area contributed by atoms with Crippen molar-refractivity contribution in [1.82, 2.24) is 10.6 Å². The van der Waals surface area contributed by atoms with Gasteiger partial charge in [-0.2, -0.15) is 0 Å². The van der Waals surface area contributed by atoms with Gasteiger partial charge in [-0.05, 0) is 43.8 Å². The lowest BCUT2D eigenvalue weighted by molar-refractivity contribution is 0.0975. The quantitative estimate of drug-likeness (QED) is 0.140. The molecule has 194 valence electrons. The number of carbonyl (C=O) groups is 1. The molecule has 0 bridgehead atoms. The Balaban J connectivity index is 2.00. The van der Waals surface area contributed by atoms with Gasteiger partial charge in [-0.3, -0.25) is 10.1 Å². The lowest BCUT2D eigenvalue weighted by atomic mass is 10.0. The average molecular weight is 493 g/mol. The molecule has 0 heterocycles. The Morgan fingerprint density at radius 2 is 1.41 bits per heavy atom. The molecule has 5 nitrogen and oxygen atoms in total. The van der Waals surface area contributed by atoms with Crippen LogP contribution in [0.25, 0.3) is 0 Å². The van der Waals surface area contributed by atoms with Gasteiger partial charge in [0.25, 0.3) is 5.91 Å². The number of nitrogens with one attached hydrogen (secondary N) is 2. The Morgan fingerprint density at radius 3 is 2.00 bits per heavy atom. The van der Waals surface area contributed by atoms with Crippen molar-refractivity contribution in [1.29, 1.82) is 0 Å². The molecule has 0 fully saturated rings. The SMILES string of the molecule is CCCCCCCCCCCCCCCCNC(=S)NC(=O)c1cccc(OCCOCC)c1. The van der Waals surface area contributed by atoms with E-state index in [2.05, 4.69) is 17.6 Å². The van der Waals surface area contributed by atoms with Crippen LogP contribution in [0.2, 0.25) is 0 Å². The number of hydrogen-bond donors (Lipinski definition) is 2. The molecule has 1 aromatic carbocycles. The third kappa shape index (κ3) is 16.9. The van der Waals surface area contributed by atoms with Gasteiger partial charge in [0, 0.05) is 18.7 Å². The Kier molecular flexibility index (Phi) is 19.5. The van der Waals surface area contributed by atoms with E-state index in [1.807, 2.05) is 13.0 Å². The predicted octanol–water partition coefficient (Wildman–Crippen LogP) is 7.19. The highest BCUT2D eigenvalue weighted by atomic mass is 32.1. The van der Waals surface area contributed by atoms with Crippen LogP contribution in [0, 0.1) is 0 Å². The molecule has 0 atom stereocenters. The van der Waals surface area contributed by atoms with E-state index in [1.54, 1.807) is 18.2 Å². The molecular weight excluding hydrogens is 444 g/mol. The predicted molar refractivity (Wildman–Crippen MR) is 147 cm³/mol. The number of thiocarbonyl (C=S) groups is 1. The molecule has 0 aliphatic carbocycles. The minimum Gasteiger partial charge on any atom is -0.491 e. The smallest absolute Gasteiger partial charge is 0.257 e. The fourth-order valence-corrected chi connectivity index (χ4v) is 4.03. The number of benzene rings is 1. The van der Waals surface area contributed by atoms with Gasteiger partial charge < -0.3 is 14.8 Å². The number of ether oxygens (including phenoxy) is 2. The third-order valence-corrected chi connectivity index (χ3v) is 6.09. The van der Waals surface area contributed by atoms with E-state index in [4.69, 9.17) is 21.7 Å². The summed E-state index contributed by atoms with van der Waals surface area (Å²) in [7, 11) is 0. The summed E-state index contributed by atoms with van der Waals surface area (Å²) < 4.78 is 10.9. The fraction of sp³-hybridized carbons (Fsp3) is 0.714. The zero-order chi connectivity index (χ0) is 24.7. The highest BCUT2D eigenvalue weighted by molar-refractivity contribution is 7.80. The van der Waals surface area contributed by atoms with Crippen molar-refractivity contribution < 1.29 is 14.3 Å². The number of hydrogen-bond acceptors (Lipinski definition) is 4. The van der Waals surface area contributed by atoms with Gasteiger partial charge in [-0.1, -0.05) is 96.5 Å². The first-order chi connectivity index (χ1) is 16.7. The monoisotopic (exact) mass is 492 g/mol. The van der Waals surface area contributed by atoms with Crippen molar-refractivity contribution in [3.8, 4) is 5.75 Å². The molecular formula is C28H48N2O3S. The van der Waals surface area contributed by atoms with Crippen LogP contribution in [-0.2, 0) is 4.74 Å². The number of rotatable bonds is 21. The topological polar surface area (TPSA) is 59.6 Å². The molecule has 0 saturated carbocycles. The van der Waals surface area contributed by atoms with Crippen LogP contribution >= 0.6 is 12.2 Å². The molecule has 0 aromatic heterocycles. The van der Waals surface area contributed by atoms with Crippen LogP contribution < -0.4 is 15.4 Å². The van der Waals surface area contributed by atoms with Crippen LogP contribution in [0.5, 0.6) is 5.75 Å². The maximum absolute atomic E-state index is 12.4. The normalized spacial score (nSPS) is 10.8. The van der Waals surface area contributed by atoms with Gasteiger partial charge in [0.2, 0.25) is 0 Å². The molecule has 2 N–H and O–H groups in total. The lowest BCUT2D eigenvalue weighted by Gasteiger charge is -2.11. The minimum absolute atomic E-state index is 0.228. The van der Waals surface area contributed by atoms with Gasteiger partial charge >= 0.3 is 0 Å². The second-order valence-electron chi connectivity index (χ2n) is 8.88. The average Bonchev–Trinajstić information content (AvgIpc) is 2.84. The van der Waals surface area contributed by atoms with Gasteiger partial charge in [0.1, 0.15) is 12.4 Å². The molecule has 1 rings (SSSR count). The van der Waals surface area contributed by atoms with E-state index in [-0.39, 0.29) is 5.91 Å². The van der Waals surface area contributed by atoms with Crippen molar-refractivity contribution >= 4 is 23.2 Å². The van der Waals surface area contributed by atoms with Crippen molar-refractivity contribution in [2.24, 2.45) is 0 Å². The van der Waals surface area contributed by atoms with E-state index in [9.17, 15) is 4.79 Å². The van der Waals surface area contributed by atoms with E-state index >= 15 is 0 Å². The summed E-state index contributed by atoms with van der Waals surface area (Å²) >= 11 is 5.27. The van der Waals surface area contributed by atoms with E-state index < -0.39 is 0 Å². The third-order valence-electron chi connectivity index (χ3n) is 5.84. The minimum atomic E-state index is -0.228. The Morgan fingerprint density at radius 1 is 0.824 bits per heavy atom. The molecule has 0 unspecified atom stereocenters. The molecule has 0 spiro atoms. The molecule has 0 aliphatic rings. The molecule has 0 saturated heterocycles. The second-order valence-corrected chi connectivity index (χ2v) is 9.29. The molecule has 34 heavy (non-hydrogen) atoms. The maximum Gasteiger partial charge on any atom is 0.257 e. The summed E-state index contributed by atoms with van der Waals surface area (Å²) in [5, 5.41) is 6.27. The van der Waals surface area contributed by atoms with Crippen molar-refractivity contribution in [3.05, 3.63) is 29.8 Å². The molecule has 1 amide bonds. The molecule has 0 aliphatic heterocycles. The highest BCUT2D eigenvalue weighted by Gasteiger charge is 2.08. The zero-order valence-electron chi connectivity index (χ0n) is 21.7. The summed E-state index contributed by atoms with van der Waals surface area (Å²) in [4.78, 5) is 12.4. The summed E-state index contributed by atoms with van der Waals surface area (Å²) in [5.41, 5.74) is 0.523. The van der Waals surface area contributed by atoms with Gasteiger partial charge in [0.05, 0.1) is 6.61 Å². The molecule has 1 aromatic rings. The van der Waals surface area contributed by atoms with E-state index in [0.29, 0.717) is 36.2 Å². The van der Waals surface area contributed by atoms with Crippen LogP contribution in [0.1, 0.15) is 114 Å². The zero-order valence-corrected chi connectivity index (χ0v) is 22.5. The van der Waals surface area contributed by atoms with E-state index in [0.717, 1.165) is 13.0 Å². The number of carbonyl (C=O) groups excluding carboxylic acids is 1. The second kappa shape index (κ2) is 21.8. The van der Waals surface area contributed by atoms with Crippen LogP contribution in [0.4, 0.5) is 0 Å². The van der Waals surface area contributed by atoms with Crippen molar-refractivity contribution in [2.45, 2.75) is 104 Å². The number of unbranched alkanes of at least 4 members (excludes halogenated alkanes) is 13. The number of amides is 1. The van der Waals surface area contributed by atoms with Crippen molar-refractivity contribution in [3.63, 3.8) is 0 Å². The first-order valence-electron chi connectivity index (χ1n) is 13.6. The van der Waals surface area contributed by atoms with Crippen LogP contribution in [-0.4, -0.2) is 37.4 Å². The van der Waals surface area contributed by atoms with E-state index in [1.165, 1.54) is 83.5 Å². The summed E-state index contributed by atoms with van der Waals surface area (Å²) in [6, 6.07) is 7.10. The Labute approximate surface area is 213 Å². The summed E-state index contributed by atoms with van der Waals surface area (Å²) in [6.45, 7) is 6.66. The Hall–Kier alpha value is -1.66. The highest BCUT2D eigenvalue weighted by Crippen LogP contribution is 2.14. The van der Waals surface area contributed by atoms with Gasteiger partial charge in [0.15, 0.2) is 5.11 Å². The van der Waals surface area contributed by atoms with Crippen LogP contribution in [0.3, 0.4) is 0 Å². The lowest BCUT2D eigenvalue weighted by Crippen LogP contribution is -2.39. The maximum atomic E-state index is 12.4. The molecule has 6 heteroatoms. The fourth-order valence-electron chi connectivity index (χ4n) is 3.83. The standard InChI is InChI=1S/C28H48N2O3S/c1-3-5-6-7-8-9-10-11-12-13-14-15-16-17-21-29-28(34)30-27(31)25-19-18-20-26(24-25)33-23-22-32-4-2/h18-20,24H,3-17,21-23H2,1-2H3,(H2,29,30,31,34). The summed E-state index contributed by atoms with van der Waals surface area (Å²) in [5.74, 6) is 0.419. The summed E-state index contributed by atoms with van der Waals surface area (Å²) in [6.07, 6.45) is 18.8. The first-order valence-corrected chi connectivity index (χ1v) is 14.0. The van der Waals surface area contributed by atoms with Crippen LogP contribution in [0.15, 0.2) is 24.3 Å². The first kappa shape index (κ1) is 30.4. The van der Waals surface area contributed by atoms with Crippen molar-refractivity contribution in [2.75, 3.05) is 26.4 Å². The molecule has 0 radical (unpaired) electrons.